The molecule has 0 aromatic carbocycles. The molecule has 17 heavy (non-hydrogen) atoms. The van der Waals surface area contributed by atoms with Gasteiger partial charge in [-0.1, -0.05) is 0 Å². The fourth-order valence-electron chi connectivity index (χ4n) is 1.69. The van der Waals surface area contributed by atoms with Crippen LogP contribution in [0, 0.1) is 11.3 Å². The molecule has 0 fully saturated rings. The van der Waals surface area contributed by atoms with Crippen LogP contribution in [0.15, 0.2) is 40.0 Å². The molecule has 0 N–H and O–H groups in total. The third kappa shape index (κ3) is 2.00. The highest BCUT2D eigenvalue weighted by Crippen LogP contribution is 2.33. The first-order valence-corrected chi connectivity index (χ1v) is 5.14. The Labute approximate surface area is 98.8 Å². The van der Waals surface area contributed by atoms with Crippen LogP contribution in [0.3, 0.4) is 0 Å². The number of furan rings is 1. The van der Waals surface area contributed by atoms with Gasteiger partial charge in [-0.25, -0.2) is 4.79 Å². The average Bonchev–Trinajstić information content (AvgIpc) is 2.81. The zero-order chi connectivity index (χ0) is 12.5. The number of carbonyl (C=O) groups excluding carboxylic acids is 1. The molecule has 4 nitrogen and oxygen atoms in total. The number of nitriles is 1. The second kappa shape index (κ2) is 3.95. The van der Waals surface area contributed by atoms with E-state index in [1.54, 1.807) is 44.4 Å². The number of esters is 1. The molecule has 0 amide bonds. The lowest BCUT2D eigenvalue weighted by Gasteiger charge is -2.18. The molecule has 86 valence electrons. The van der Waals surface area contributed by atoms with E-state index in [-0.39, 0.29) is 5.57 Å². The van der Waals surface area contributed by atoms with Crippen LogP contribution in [0.2, 0.25) is 0 Å². The minimum Gasteiger partial charge on any atom is -0.465 e. The largest absolute Gasteiger partial charge is 0.465 e. The molecule has 0 unspecified atom stereocenters. The highest BCUT2D eigenvalue weighted by Gasteiger charge is 2.39. The summed E-state index contributed by atoms with van der Waals surface area (Å²) in [5.74, 6) is 0.0848. The first-order chi connectivity index (χ1) is 8.04. The summed E-state index contributed by atoms with van der Waals surface area (Å²) in [5.41, 5.74) is -0.148. The van der Waals surface area contributed by atoms with Crippen LogP contribution in [-0.4, -0.2) is 11.6 Å². The molecule has 0 atom stereocenters. The van der Waals surface area contributed by atoms with Crippen molar-refractivity contribution in [3.63, 3.8) is 0 Å². The summed E-state index contributed by atoms with van der Waals surface area (Å²) in [4.78, 5) is 11.4. The predicted molar refractivity (Wildman–Crippen MR) is 60.6 cm³/mol. The fourth-order valence-corrected chi connectivity index (χ4v) is 1.69. The molecule has 0 radical (unpaired) electrons. The number of ether oxygens (including phenoxy) is 1. The zero-order valence-corrected chi connectivity index (χ0v) is 9.56. The minimum atomic E-state index is -0.773. The van der Waals surface area contributed by atoms with Crippen LogP contribution >= 0.6 is 0 Å². The van der Waals surface area contributed by atoms with E-state index in [4.69, 9.17) is 14.4 Å². The smallest absolute Gasteiger partial charge is 0.350 e. The summed E-state index contributed by atoms with van der Waals surface area (Å²) < 4.78 is 10.3. The Morgan fingerprint density at radius 1 is 1.41 bits per heavy atom. The van der Waals surface area contributed by atoms with Gasteiger partial charge in [0.2, 0.25) is 0 Å². The summed E-state index contributed by atoms with van der Waals surface area (Å²) in [5, 5.41) is 8.93. The molecule has 1 aliphatic rings. The molecule has 1 aromatic heterocycles. The Balaban J connectivity index is 2.38. The molecule has 4 heteroatoms. The summed E-state index contributed by atoms with van der Waals surface area (Å²) in [6.45, 7) is 3.49. The number of hydrogen-bond donors (Lipinski definition) is 0. The normalized spacial score (nSPS) is 18.5. The van der Waals surface area contributed by atoms with Gasteiger partial charge in [-0.2, -0.15) is 5.26 Å². The first kappa shape index (κ1) is 11.2. The van der Waals surface area contributed by atoms with Crippen LogP contribution in [0.5, 0.6) is 0 Å². The van der Waals surface area contributed by atoms with Gasteiger partial charge in [0.1, 0.15) is 23.0 Å². The molecule has 0 bridgehead atoms. The summed E-state index contributed by atoms with van der Waals surface area (Å²) >= 11 is 0. The lowest BCUT2D eigenvalue weighted by atomic mass is 9.95. The molecule has 0 spiro atoms. The van der Waals surface area contributed by atoms with Crippen LogP contribution in [-0.2, 0) is 9.53 Å². The molecule has 2 heterocycles. The van der Waals surface area contributed by atoms with Crippen molar-refractivity contribution in [1.29, 1.82) is 5.26 Å². The molecular weight excluding hydrogens is 218 g/mol. The maximum atomic E-state index is 11.4. The number of nitrogens with zero attached hydrogens (tertiary/aromatic N) is 1. The van der Waals surface area contributed by atoms with Crippen LogP contribution < -0.4 is 0 Å². The lowest BCUT2D eigenvalue weighted by molar-refractivity contribution is -0.144. The molecule has 0 aliphatic carbocycles. The van der Waals surface area contributed by atoms with E-state index in [2.05, 4.69) is 0 Å². The molecule has 0 saturated carbocycles. The van der Waals surface area contributed by atoms with Crippen molar-refractivity contribution in [3.05, 3.63) is 41.4 Å². The average molecular weight is 229 g/mol. The van der Waals surface area contributed by atoms with Gasteiger partial charge in [0.05, 0.1) is 6.26 Å². The van der Waals surface area contributed by atoms with Crippen molar-refractivity contribution >= 4 is 12.0 Å². The summed E-state index contributed by atoms with van der Waals surface area (Å²) in [6.07, 6.45) is 4.94. The van der Waals surface area contributed by atoms with E-state index in [1.807, 2.05) is 6.07 Å². The third-order valence-electron chi connectivity index (χ3n) is 2.54. The third-order valence-corrected chi connectivity index (χ3v) is 2.54. The Hall–Kier alpha value is -2.28. The van der Waals surface area contributed by atoms with Crippen LogP contribution in [0.1, 0.15) is 19.6 Å². The number of hydrogen-bond acceptors (Lipinski definition) is 4. The molecule has 2 rings (SSSR count). The quantitative estimate of drug-likeness (QED) is 0.730. The van der Waals surface area contributed by atoms with Gasteiger partial charge in [0.25, 0.3) is 0 Å². The van der Waals surface area contributed by atoms with Crippen LogP contribution in [0.25, 0.3) is 6.08 Å². The van der Waals surface area contributed by atoms with Crippen molar-refractivity contribution in [2.45, 2.75) is 19.4 Å². The van der Waals surface area contributed by atoms with Gasteiger partial charge in [0, 0.05) is 5.57 Å². The number of rotatable bonds is 2. The van der Waals surface area contributed by atoms with Gasteiger partial charge in [0.15, 0.2) is 0 Å². The van der Waals surface area contributed by atoms with Crippen molar-refractivity contribution in [2.24, 2.45) is 0 Å². The lowest BCUT2D eigenvalue weighted by Crippen LogP contribution is -2.22. The van der Waals surface area contributed by atoms with Crippen molar-refractivity contribution in [2.75, 3.05) is 0 Å². The van der Waals surface area contributed by atoms with Gasteiger partial charge >= 0.3 is 5.97 Å². The minimum absolute atomic E-state index is 0.0535. The van der Waals surface area contributed by atoms with Gasteiger partial charge in [-0.15, -0.1) is 0 Å². The fraction of sp³-hybridized carbons (Fsp3) is 0.231. The Morgan fingerprint density at radius 2 is 2.18 bits per heavy atom. The Morgan fingerprint density at radius 3 is 2.76 bits per heavy atom. The van der Waals surface area contributed by atoms with E-state index < -0.39 is 11.6 Å². The highest BCUT2D eigenvalue weighted by molar-refractivity contribution is 5.98. The Bertz CT molecular complexity index is 542. The van der Waals surface area contributed by atoms with Crippen molar-refractivity contribution in [3.8, 4) is 6.07 Å². The number of carbonyl (C=O) groups is 1. The van der Waals surface area contributed by atoms with Gasteiger partial charge in [-0.3, -0.25) is 0 Å². The van der Waals surface area contributed by atoms with Crippen LogP contribution in [0.4, 0.5) is 0 Å². The maximum Gasteiger partial charge on any atom is 0.350 e. The monoisotopic (exact) mass is 229 g/mol. The number of cyclic esters (lactones) is 1. The Kier molecular flexibility index (Phi) is 2.60. The van der Waals surface area contributed by atoms with E-state index >= 15 is 0 Å². The highest BCUT2D eigenvalue weighted by atomic mass is 16.6. The van der Waals surface area contributed by atoms with Gasteiger partial charge < -0.3 is 9.15 Å². The van der Waals surface area contributed by atoms with E-state index in [0.29, 0.717) is 11.3 Å². The predicted octanol–water partition coefficient (Wildman–Crippen LogP) is 2.45. The SMILES string of the molecule is CC1(C)OC(=O)C(C#N)=C1C=Cc1ccco1. The summed E-state index contributed by atoms with van der Waals surface area (Å²) in [7, 11) is 0. The topological polar surface area (TPSA) is 63.2 Å². The van der Waals surface area contributed by atoms with Crippen molar-refractivity contribution < 1.29 is 13.9 Å². The zero-order valence-electron chi connectivity index (χ0n) is 9.56. The van der Waals surface area contributed by atoms with E-state index in [1.165, 1.54) is 0 Å². The molecule has 1 aromatic rings. The van der Waals surface area contributed by atoms with Crippen molar-refractivity contribution in [1.82, 2.24) is 0 Å². The van der Waals surface area contributed by atoms with E-state index in [0.717, 1.165) is 0 Å². The second-order valence-corrected chi connectivity index (χ2v) is 4.15. The molecule has 0 saturated heterocycles. The molecule has 1 aliphatic heterocycles. The first-order valence-electron chi connectivity index (χ1n) is 5.14. The van der Waals surface area contributed by atoms with Gasteiger partial charge in [-0.05, 0) is 38.1 Å². The second-order valence-electron chi connectivity index (χ2n) is 4.15. The van der Waals surface area contributed by atoms with E-state index in [9.17, 15) is 4.79 Å². The summed E-state index contributed by atoms with van der Waals surface area (Å²) in [6, 6.07) is 5.42. The standard InChI is InChI=1S/C13H11NO3/c1-13(2)11(10(8-14)12(15)17-13)6-5-9-4-3-7-16-9/h3-7H,1-2H3. The molecular formula is C13H11NO3. The maximum absolute atomic E-state index is 11.4.